The summed E-state index contributed by atoms with van der Waals surface area (Å²) in [7, 11) is 0. The van der Waals surface area contributed by atoms with Crippen LogP contribution in [0.3, 0.4) is 0 Å². The van der Waals surface area contributed by atoms with Crippen LogP contribution in [0.4, 0.5) is 0 Å². The molecule has 2 rings (SSSR count). The molecule has 0 spiro atoms. The predicted octanol–water partition coefficient (Wildman–Crippen LogP) is 2.64. The van der Waals surface area contributed by atoms with E-state index in [1.165, 1.54) is 28.5 Å². The molecule has 0 aliphatic carbocycles. The molecule has 2 aromatic rings. The van der Waals surface area contributed by atoms with Crippen molar-refractivity contribution in [2.24, 2.45) is 0 Å². The minimum Gasteiger partial charge on any atom is -0.288 e. The molecular weight excluding hydrogens is 248 g/mol. The summed E-state index contributed by atoms with van der Waals surface area (Å²) in [5.74, 6) is -0.555. The molecule has 0 bridgehead atoms. The van der Waals surface area contributed by atoms with Crippen LogP contribution in [0.1, 0.15) is 10.4 Å². The molecule has 2 N–H and O–H groups in total. The number of rotatable bonds is 3. The van der Waals surface area contributed by atoms with E-state index in [9.17, 15) is 4.79 Å². The second kappa shape index (κ2) is 5.57. The fourth-order valence-corrected chi connectivity index (χ4v) is 2.21. The molecule has 92 valence electrons. The Kier molecular flexibility index (Phi) is 3.86. The van der Waals surface area contributed by atoms with Gasteiger partial charge >= 0.3 is 0 Å². The maximum absolute atomic E-state index is 10.8. The monoisotopic (exact) mass is 260 g/mol. The zero-order valence-electron chi connectivity index (χ0n) is 9.75. The van der Waals surface area contributed by atoms with E-state index in [0.717, 1.165) is 15.4 Å². The van der Waals surface area contributed by atoms with E-state index >= 15 is 0 Å². The molecule has 0 atom stereocenters. The van der Waals surface area contributed by atoms with Gasteiger partial charge in [-0.2, -0.15) is 0 Å². The molecule has 0 saturated carbocycles. The Labute approximate surface area is 109 Å². The van der Waals surface area contributed by atoms with Crippen molar-refractivity contribution in [3.63, 3.8) is 0 Å². The number of nitrogens with zero attached hydrogens (tertiary/aromatic N) is 1. The molecule has 4 nitrogen and oxygen atoms in total. The summed E-state index contributed by atoms with van der Waals surface area (Å²) in [4.78, 5) is 16.0. The third-order valence-electron chi connectivity index (χ3n) is 2.33. The third-order valence-corrected chi connectivity index (χ3v) is 3.34. The Morgan fingerprint density at radius 1 is 1.39 bits per heavy atom. The van der Waals surface area contributed by atoms with Gasteiger partial charge in [0.05, 0.1) is 0 Å². The molecule has 1 aromatic carbocycles. The van der Waals surface area contributed by atoms with Crippen LogP contribution >= 0.6 is 11.3 Å². The Morgan fingerprint density at radius 2 is 2.11 bits per heavy atom. The summed E-state index contributed by atoms with van der Waals surface area (Å²) >= 11 is 1.48. The summed E-state index contributed by atoms with van der Waals surface area (Å²) < 4.78 is 0. The number of aromatic nitrogens is 1. The van der Waals surface area contributed by atoms with Gasteiger partial charge < -0.3 is 0 Å². The fourth-order valence-electron chi connectivity index (χ4n) is 1.39. The number of hydrogen-bond donors (Lipinski definition) is 2. The van der Waals surface area contributed by atoms with Gasteiger partial charge in [0, 0.05) is 22.7 Å². The van der Waals surface area contributed by atoms with E-state index in [0.29, 0.717) is 0 Å². The lowest BCUT2D eigenvalue weighted by Crippen LogP contribution is -2.14. The number of benzene rings is 1. The number of hydrogen-bond acceptors (Lipinski definition) is 4. The molecule has 18 heavy (non-hydrogen) atoms. The van der Waals surface area contributed by atoms with Gasteiger partial charge in [-0.05, 0) is 13.0 Å². The van der Waals surface area contributed by atoms with Gasteiger partial charge in [0.1, 0.15) is 5.01 Å². The van der Waals surface area contributed by atoms with Crippen LogP contribution in [0.5, 0.6) is 0 Å². The largest absolute Gasteiger partial charge is 0.288 e. The van der Waals surface area contributed by atoms with Crippen molar-refractivity contribution in [3.05, 3.63) is 47.0 Å². The quantitative estimate of drug-likeness (QED) is 0.506. The highest BCUT2D eigenvalue weighted by molar-refractivity contribution is 7.15. The maximum Gasteiger partial charge on any atom is 0.267 e. The first-order chi connectivity index (χ1) is 8.69. The summed E-state index contributed by atoms with van der Waals surface area (Å²) in [6.45, 7) is 2.04. The Balaban J connectivity index is 2.18. The van der Waals surface area contributed by atoms with Crippen molar-refractivity contribution in [1.82, 2.24) is 10.5 Å². The summed E-state index contributed by atoms with van der Waals surface area (Å²) in [6.07, 6.45) is 4.56. The van der Waals surface area contributed by atoms with Gasteiger partial charge in [-0.15, -0.1) is 11.3 Å². The van der Waals surface area contributed by atoms with E-state index in [1.54, 1.807) is 12.3 Å². The minimum absolute atomic E-state index is 0.555. The molecule has 1 heterocycles. The van der Waals surface area contributed by atoms with Crippen LogP contribution < -0.4 is 5.48 Å². The van der Waals surface area contributed by atoms with Gasteiger partial charge in [-0.1, -0.05) is 29.8 Å². The van der Waals surface area contributed by atoms with E-state index in [2.05, 4.69) is 4.98 Å². The first-order valence-corrected chi connectivity index (χ1v) is 6.16. The lowest BCUT2D eigenvalue weighted by molar-refractivity contribution is -0.124. The highest BCUT2D eigenvalue weighted by Crippen LogP contribution is 2.25. The highest BCUT2D eigenvalue weighted by atomic mass is 32.1. The van der Waals surface area contributed by atoms with Crippen LogP contribution in [0, 0.1) is 6.92 Å². The number of amides is 1. The predicted molar refractivity (Wildman–Crippen MR) is 71.3 cm³/mol. The number of hydroxylamine groups is 1. The van der Waals surface area contributed by atoms with Crippen LogP contribution in [-0.2, 0) is 4.79 Å². The normalized spacial score (nSPS) is 10.8. The molecule has 1 amide bonds. The van der Waals surface area contributed by atoms with Crippen molar-refractivity contribution >= 4 is 23.3 Å². The molecule has 0 unspecified atom stereocenters. The standard InChI is InChI=1S/C13H12N2O2S/c1-9-2-4-10(5-3-9)13-14-8-11(18-13)6-7-12(16)15-17/h2-8,17H,1H3,(H,15,16)/b7-6+. The van der Waals surface area contributed by atoms with E-state index in [1.807, 2.05) is 31.2 Å². The van der Waals surface area contributed by atoms with Crippen molar-refractivity contribution in [2.45, 2.75) is 6.92 Å². The van der Waals surface area contributed by atoms with Crippen molar-refractivity contribution in [3.8, 4) is 10.6 Å². The molecule has 0 fully saturated rings. The van der Waals surface area contributed by atoms with Gasteiger partial charge in [-0.3, -0.25) is 10.0 Å². The molecule has 0 aliphatic rings. The van der Waals surface area contributed by atoms with Gasteiger partial charge in [0.15, 0.2) is 0 Å². The number of carbonyl (C=O) groups is 1. The minimum atomic E-state index is -0.555. The molecule has 0 saturated heterocycles. The lowest BCUT2D eigenvalue weighted by Gasteiger charge is -1.95. The first-order valence-electron chi connectivity index (χ1n) is 5.34. The Morgan fingerprint density at radius 3 is 2.78 bits per heavy atom. The second-order valence-electron chi connectivity index (χ2n) is 3.74. The Hall–Kier alpha value is -1.98. The van der Waals surface area contributed by atoms with Crippen LogP contribution in [-0.4, -0.2) is 16.1 Å². The number of aryl methyl sites for hydroxylation is 1. The van der Waals surface area contributed by atoms with Crippen LogP contribution in [0.15, 0.2) is 36.5 Å². The van der Waals surface area contributed by atoms with E-state index < -0.39 is 5.91 Å². The lowest BCUT2D eigenvalue weighted by atomic mass is 10.2. The number of thiazole rings is 1. The molecule has 5 heteroatoms. The van der Waals surface area contributed by atoms with Crippen LogP contribution in [0.25, 0.3) is 16.6 Å². The first kappa shape index (κ1) is 12.5. The van der Waals surface area contributed by atoms with E-state index in [4.69, 9.17) is 5.21 Å². The van der Waals surface area contributed by atoms with Crippen molar-refractivity contribution < 1.29 is 10.0 Å². The maximum atomic E-state index is 10.8. The fraction of sp³-hybridized carbons (Fsp3) is 0.0769. The average Bonchev–Trinajstić information content (AvgIpc) is 2.85. The van der Waals surface area contributed by atoms with Crippen LogP contribution in [0.2, 0.25) is 0 Å². The topological polar surface area (TPSA) is 62.2 Å². The summed E-state index contributed by atoms with van der Waals surface area (Å²) in [6, 6.07) is 8.10. The molecule has 0 aliphatic heterocycles. The molecule has 1 aromatic heterocycles. The zero-order valence-corrected chi connectivity index (χ0v) is 10.6. The average molecular weight is 260 g/mol. The summed E-state index contributed by atoms with van der Waals surface area (Å²) in [5, 5.41) is 9.26. The van der Waals surface area contributed by atoms with Gasteiger partial charge in [-0.25, -0.2) is 10.5 Å². The smallest absolute Gasteiger partial charge is 0.267 e. The Bertz CT molecular complexity index is 573. The molecule has 0 radical (unpaired) electrons. The van der Waals surface area contributed by atoms with E-state index in [-0.39, 0.29) is 0 Å². The highest BCUT2D eigenvalue weighted by Gasteiger charge is 2.02. The van der Waals surface area contributed by atoms with Crippen molar-refractivity contribution in [2.75, 3.05) is 0 Å². The SMILES string of the molecule is Cc1ccc(-c2ncc(/C=C/C(=O)NO)s2)cc1. The number of carbonyl (C=O) groups excluding carboxylic acids is 1. The molecular formula is C13H12N2O2S. The zero-order chi connectivity index (χ0) is 13.0. The number of nitrogens with one attached hydrogen (secondary N) is 1. The van der Waals surface area contributed by atoms with Gasteiger partial charge in [0.2, 0.25) is 0 Å². The second-order valence-corrected chi connectivity index (χ2v) is 4.81. The van der Waals surface area contributed by atoms with Gasteiger partial charge in [0.25, 0.3) is 5.91 Å². The summed E-state index contributed by atoms with van der Waals surface area (Å²) in [5.41, 5.74) is 3.79. The van der Waals surface area contributed by atoms with Crippen molar-refractivity contribution in [1.29, 1.82) is 0 Å². The third kappa shape index (κ3) is 3.03.